The van der Waals surface area contributed by atoms with E-state index in [0.717, 1.165) is 13.0 Å². The SMILES string of the molecule is COC(=O)C(F)C1CCNC1.Cl. The average molecular weight is 198 g/mol. The molecule has 1 rings (SSSR count). The number of hydrogen-bond acceptors (Lipinski definition) is 3. The van der Waals surface area contributed by atoms with E-state index in [9.17, 15) is 9.18 Å². The predicted molar refractivity (Wildman–Crippen MR) is 45.1 cm³/mol. The minimum atomic E-state index is -1.45. The van der Waals surface area contributed by atoms with E-state index in [2.05, 4.69) is 10.1 Å². The Bertz CT molecular complexity index is 150. The fourth-order valence-corrected chi connectivity index (χ4v) is 1.23. The molecule has 1 fully saturated rings. The zero-order valence-electron chi connectivity index (χ0n) is 6.88. The summed E-state index contributed by atoms with van der Waals surface area (Å²) in [6.07, 6.45) is -0.731. The molecular weight excluding hydrogens is 185 g/mol. The van der Waals surface area contributed by atoms with Crippen LogP contribution in [-0.2, 0) is 9.53 Å². The zero-order valence-corrected chi connectivity index (χ0v) is 7.70. The van der Waals surface area contributed by atoms with Crippen LogP contribution < -0.4 is 5.32 Å². The molecule has 72 valence electrons. The lowest BCUT2D eigenvalue weighted by Gasteiger charge is -2.11. The fraction of sp³-hybridized carbons (Fsp3) is 0.857. The van der Waals surface area contributed by atoms with Gasteiger partial charge in [0.15, 0.2) is 0 Å². The summed E-state index contributed by atoms with van der Waals surface area (Å²) in [5, 5.41) is 2.98. The molecule has 0 radical (unpaired) electrons. The van der Waals surface area contributed by atoms with Gasteiger partial charge < -0.3 is 10.1 Å². The van der Waals surface area contributed by atoms with E-state index in [0.29, 0.717) is 6.54 Å². The first-order valence-corrected chi connectivity index (χ1v) is 3.68. The molecule has 0 aromatic rings. The van der Waals surface area contributed by atoms with E-state index in [4.69, 9.17) is 0 Å². The first kappa shape index (κ1) is 11.6. The van der Waals surface area contributed by atoms with Crippen LogP contribution in [0.2, 0.25) is 0 Å². The number of halogens is 2. The van der Waals surface area contributed by atoms with Crippen LogP contribution in [0.3, 0.4) is 0 Å². The molecule has 2 unspecified atom stereocenters. The molecule has 1 N–H and O–H groups in total. The number of rotatable bonds is 2. The standard InChI is InChI=1S/C7H12FNO2.ClH/c1-11-7(10)6(8)5-2-3-9-4-5;/h5-6,9H,2-4H2,1H3;1H. The quantitative estimate of drug-likeness (QED) is 0.657. The molecule has 5 heteroatoms. The number of carbonyl (C=O) groups excluding carboxylic acids is 1. The Hall–Kier alpha value is -0.350. The van der Waals surface area contributed by atoms with E-state index < -0.39 is 12.1 Å². The Kier molecular flexibility index (Phi) is 5.17. The molecule has 1 saturated heterocycles. The van der Waals surface area contributed by atoms with Gasteiger partial charge in [-0.15, -0.1) is 12.4 Å². The molecule has 1 aliphatic heterocycles. The average Bonchev–Trinajstić information content (AvgIpc) is 2.53. The molecule has 12 heavy (non-hydrogen) atoms. The van der Waals surface area contributed by atoms with Crippen molar-refractivity contribution in [2.75, 3.05) is 20.2 Å². The number of esters is 1. The molecule has 1 heterocycles. The minimum Gasteiger partial charge on any atom is -0.467 e. The Labute approximate surface area is 77.1 Å². The molecule has 0 spiro atoms. The normalized spacial score (nSPS) is 24.3. The molecule has 0 amide bonds. The van der Waals surface area contributed by atoms with Gasteiger partial charge in [-0.2, -0.15) is 0 Å². The van der Waals surface area contributed by atoms with Gasteiger partial charge in [-0.1, -0.05) is 0 Å². The highest BCUT2D eigenvalue weighted by molar-refractivity contribution is 5.85. The van der Waals surface area contributed by atoms with Gasteiger partial charge in [-0.05, 0) is 13.0 Å². The van der Waals surface area contributed by atoms with Crippen LogP contribution in [0.1, 0.15) is 6.42 Å². The minimum absolute atomic E-state index is 0. The summed E-state index contributed by atoms with van der Waals surface area (Å²) < 4.78 is 17.3. The van der Waals surface area contributed by atoms with Crippen LogP contribution in [-0.4, -0.2) is 32.3 Å². The number of alkyl halides is 1. The third-order valence-electron chi connectivity index (χ3n) is 1.94. The van der Waals surface area contributed by atoms with Crippen molar-refractivity contribution in [1.82, 2.24) is 5.32 Å². The van der Waals surface area contributed by atoms with Gasteiger partial charge in [0.2, 0.25) is 6.17 Å². The number of hydrogen-bond donors (Lipinski definition) is 1. The largest absolute Gasteiger partial charge is 0.467 e. The fourth-order valence-electron chi connectivity index (χ4n) is 1.23. The van der Waals surface area contributed by atoms with Crippen LogP contribution in [0.5, 0.6) is 0 Å². The third-order valence-corrected chi connectivity index (χ3v) is 1.94. The lowest BCUT2D eigenvalue weighted by atomic mass is 10.0. The molecule has 3 nitrogen and oxygen atoms in total. The van der Waals surface area contributed by atoms with E-state index in [1.54, 1.807) is 0 Å². The number of ether oxygens (including phenoxy) is 1. The lowest BCUT2D eigenvalue weighted by Crippen LogP contribution is -2.28. The summed E-state index contributed by atoms with van der Waals surface area (Å²) in [5.41, 5.74) is 0. The summed E-state index contributed by atoms with van der Waals surface area (Å²) in [4.78, 5) is 10.7. The van der Waals surface area contributed by atoms with Crippen molar-refractivity contribution < 1.29 is 13.9 Å². The van der Waals surface area contributed by atoms with Crippen LogP contribution >= 0.6 is 12.4 Å². The number of carbonyl (C=O) groups is 1. The second-order valence-corrected chi connectivity index (χ2v) is 2.68. The van der Waals surface area contributed by atoms with Crippen LogP contribution in [0.25, 0.3) is 0 Å². The maximum atomic E-state index is 13.0. The Balaban J connectivity index is 0.00000121. The molecule has 0 aromatic carbocycles. The summed E-state index contributed by atoms with van der Waals surface area (Å²) in [6.45, 7) is 1.37. The van der Waals surface area contributed by atoms with E-state index in [1.165, 1.54) is 7.11 Å². The molecule has 1 aliphatic rings. The van der Waals surface area contributed by atoms with Crippen LogP contribution in [0.15, 0.2) is 0 Å². The highest BCUT2D eigenvalue weighted by Crippen LogP contribution is 2.16. The van der Waals surface area contributed by atoms with Gasteiger partial charge in [-0.3, -0.25) is 0 Å². The van der Waals surface area contributed by atoms with Gasteiger partial charge in [0.25, 0.3) is 0 Å². The van der Waals surface area contributed by atoms with Gasteiger partial charge in [0, 0.05) is 12.5 Å². The van der Waals surface area contributed by atoms with Crippen molar-refractivity contribution in [3.63, 3.8) is 0 Å². The van der Waals surface area contributed by atoms with Crippen molar-refractivity contribution in [3.05, 3.63) is 0 Å². The Morgan fingerprint density at radius 1 is 1.75 bits per heavy atom. The zero-order chi connectivity index (χ0) is 8.27. The summed E-state index contributed by atoms with van der Waals surface area (Å²) in [5.74, 6) is -0.943. The number of nitrogens with one attached hydrogen (secondary N) is 1. The van der Waals surface area contributed by atoms with E-state index >= 15 is 0 Å². The Morgan fingerprint density at radius 2 is 2.42 bits per heavy atom. The van der Waals surface area contributed by atoms with Gasteiger partial charge in [-0.25, -0.2) is 9.18 Å². The van der Waals surface area contributed by atoms with Crippen molar-refractivity contribution in [1.29, 1.82) is 0 Å². The maximum Gasteiger partial charge on any atom is 0.340 e. The van der Waals surface area contributed by atoms with Crippen molar-refractivity contribution >= 4 is 18.4 Å². The van der Waals surface area contributed by atoms with E-state index in [-0.39, 0.29) is 18.3 Å². The summed E-state index contributed by atoms with van der Waals surface area (Å²) in [7, 11) is 1.21. The van der Waals surface area contributed by atoms with Crippen molar-refractivity contribution in [2.45, 2.75) is 12.6 Å². The lowest BCUT2D eigenvalue weighted by molar-refractivity contribution is -0.148. The topological polar surface area (TPSA) is 38.3 Å². The second kappa shape index (κ2) is 5.32. The maximum absolute atomic E-state index is 13.0. The molecule has 2 atom stereocenters. The third kappa shape index (κ3) is 2.60. The number of methoxy groups -OCH3 is 1. The van der Waals surface area contributed by atoms with Crippen LogP contribution in [0, 0.1) is 5.92 Å². The van der Waals surface area contributed by atoms with Gasteiger partial charge in [0.05, 0.1) is 7.11 Å². The molecular formula is C7H13ClFNO2. The smallest absolute Gasteiger partial charge is 0.340 e. The summed E-state index contributed by atoms with van der Waals surface area (Å²) >= 11 is 0. The first-order valence-electron chi connectivity index (χ1n) is 3.68. The molecule has 0 aromatic heterocycles. The predicted octanol–water partition coefficient (Wildman–Crippen LogP) is 0.529. The highest BCUT2D eigenvalue weighted by Gasteiger charge is 2.30. The Morgan fingerprint density at radius 3 is 2.83 bits per heavy atom. The van der Waals surface area contributed by atoms with Gasteiger partial charge >= 0.3 is 5.97 Å². The second-order valence-electron chi connectivity index (χ2n) is 2.68. The van der Waals surface area contributed by atoms with Gasteiger partial charge in [0.1, 0.15) is 0 Å². The van der Waals surface area contributed by atoms with Crippen molar-refractivity contribution in [2.24, 2.45) is 5.92 Å². The highest BCUT2D eigenvalue weighted by atomic mass is 35.5. The van der Waals surface area contributed by atoms with E-state index in [1.807, 2.05) is 0 Å². The molecule has 0 saturated carbocycles. The van der Waals surface area contributed by atoms with Crippen molar-refractivity contribution in [3.8, 4) is 0 Å². The van der Waals surface area contributed by atoms with Crippen LogP contribution in [0.4, 0.5) is 4.39 Å². The molecule has 0 aliphatic carbocycles. The summed E-state index contributed by atoms with van der Waals surface area (Å²) in [6, 6.07) is 0. The monoisotopic (exact) mass is 197 g/mol. The first-order chi connectivity index (χ1) is 5.25. The molecule has 0 bridgehead atoms.